The third kappa shape index (κ3) is 8.82. The Morgan fingerprint density at radius 2 is 1.63 bits per heavy atom. The van der Waals surface area contributed by atoms with Gasteiger partial charge in [0.2, 0.25) is 0 Å². The number of aryl methyl sites for hydroxylation is 2. The molecule has 0 aliphatic carbocycles. The van der Waals surface area contributed by atoms with Crippen molar-refractivity contribution in [1.29, 1.82) is 0 Å². The van der Waals surface area contributed by atoms with Gasteiger partial charge in [-0.2, -0.15) is 0 Å². The van der Waals surface area contributed by atoms with E-state index in [1.54, 1.807) is 30.3 Å². The fourth-order valence-corrected chi connectivity index (χ4v) is 7.67. The van der Waals surface area contributed by atoms with Crippen LogP contribution in [0.3, 0.4) is 0 Å². The molecule has 3 atom stereocenters. The molecule has 9 nitrogen and oxygen atoms in total. The Morgan fingerprint density at radius 3 is 2.33 bits per heavy atom. The van der Waals surface area contributed by atoms with Gasteiger partial charge >= 0.3 is 5.97 Å². The molecule has 1 aliphatic heterocycles. The average Bonchev–Trinajstić information content (AvgIpc) is 3.11. The molecule has 4 N–H and O–H groups in total. The molecule has 5 aromatic rings. The van der Waals surface area contributed by atoms with Gasteiger partial charge < -0.3 is 25.0 Å². The van der Waals surface area contributed by atoms with Crippen LogP contribution in [0.4, 0.5) is 5.69 Å². The first-order valence-corrected chi connectivity index (χ1v) is 18.4. The van der Waals surface area contributed by atoms with E-state index < -0.39 is 34.1 Å². The highest BCUT2D eigenvalue weighted by Gasteiger charge is 2.25. The number of hydrogen-bond acceptors (Lipinski definition) is 7. The minimum atomic E-state index is -3.88. The van der Waals surface area contributed by atoms with Crippen molar-refractivity contribution in [2.24, 2.45) is 0 Å². The van der Waals surface area contributed by atoms with Crippen molar-refractivity contribution in [2.45, 2.75) is 64.2 Å². The van der Waals surface area contributed by atoms with E-state index >= 15 is 0 Å². The van der Waals surface area contributed by atoms with Crippen molar-refractivity contribution in [3.05, 3.63) is 143 Å². The van der Waals surface area contributed by atoms with Gasteiger partial charge in [0.15, 0.2) is 0 Å². The predicted octanol–water partition coefficient (Wildman–Crippen LogP) is 7.80. The second-order valence-corrected chi connectivity index (χ2v) is 14.6. The molecule has 0 spiro atoms. The summed E-state index contributed by atoms with van der Waals surface area (Å²) in [4.78, 5) is 12.2. The van der Waals surface area contributed by atoms with Gasteiger partial charge in [-0.15, -0.1) is 0 Å². The lowest BCUT2D eigenvalue weighted by atomic mass is 9.89. The van der Waals surface area contributed by atoms with Gasteiger partial charge in [0.1, 0.15) is 24.7 Å². The van der Waals surface area contributed by atoms with Crippen LogP contribution in [0.1, 0.15) is 59.8 Å². The normalized spacial score (nSPS) is 14.8. The molecule has 52 heavy (non-hydrogen) atoms. The van der Waals surface area contributed by atoms with E-state index in [1.165, 1.54) is 6.07 Å². The van der Waals surface area contributed by atoms with Crippen LogP contribution in [0, 0.1) is 13.8 Å². The second-order valence-electron chi connectivity index (χ2n) is 13.0. The number of ether oxygens (including phenoxy) is 2. The average molecular weight is 723 g/mol. The minimum absolute atomic E-state index is 0. The quantitative estimate of drug-likeness (QED) is 0.0959. The molecule has 0 fully saturated rings. The highest BCUT2D eigenvalue weighted by Crippen LogP contribution is 2.34. The van der Waals surface area contributed by atoms with E-state index in [0.29, 0.717) is 36.6 Å². The second kappa shape index (κ2) is 16.5. The molecule has 272 valence electrons. The van der Waals surface area contributed by atoms with E-state index in [0.717, 1.165) is 38.9 Å². The predicted molar refractivity (Wildman–Crippen MR) is 205 cm³/mol. The molecular weight excluding hydrogens is 677 g/mol. The number of aliphatic hydroxyl groups is 1. The summed E-state index contributed by atoms with van der Waals surface area (Å²) in [5.41, 5.74) is 7.29. The van der Waals surface area contributed by atoms with E-state index in [9.17, 15) is 23.4 Å². The summed E-state index contributed by atoms with van der Waals surface area (Å²) in [6, 6.07) is 32.5. The molecule has 1 unspecified atom stereocenters. The van der Waals surface area contributed by atoms with Gasteiger partial charge in [-0.05, 0) is 96.5 Å². The number of carboxylic acids is 1. The standard InChI is InChI=1S/C41H42N2O7S.CH4/c1-26-20-34(21-27(2)39(26)32-14-12-31(13-15-32)37(41(45)46)23-29-8-5-4-6-9-29)49-19-18-42-28(3)40(44)36-17-16-33-24-38(36)43-51(47,48)35-11-7-10-30(22-35)25-50-33;/h4-17,20-22,24,28,37,40,42-44H,18-19,23,25H2,1-3H3,(H,45,46);1H4/t28-,37?,40-;/m0./s1. The van der Waals surface area contributed by atoms with E-state index in [1.807, 2.05) is 93.6 Å². The molecule has 6 rings (SSSR count). The molecule has 1 heterocycles. The Labute approximate surface area is 306 Å². The van der Waals surface area contributed by atoms with Crippen molar-refractivity contribution < 1.29 is 32.9 Å². The maximum absolute atomic E-state index is 13.2. The highest BCUT2D eigenvalue weighted by molar-refractivity contribution is 7.92. The summed E-state index contributed by atoms with van der Waals surface area (Å²) in [5, 5.41) is 24.5. The molecular formula is C42H46N2O7S. The Hall–Kier alpha value is -5.16. The number of carbonyl (C=O) groups is 1. The van der Waals surface area contributed by atoms with Crippen molar-refractivity contribution >= 4 is 21.7 Å². The van der Waals surface area contributed by atoms with E-state index in [4.69, 9.17) is 9.47 Å². The number of aliphatic carboxylic acids is 1. The molecule has 5 aromatic carbocycles. The zero-order valence-electron chi connectivity index (χ0n) is 28.8. The molecule has 0 amide bonds. The lowest BCUT2D eigenvalue weighted by Crippen LogP contribution is -2.35. The van der Waals surface area contributed by atoms with E-state index in [2.05, 4.69) is 10.0 Å². The summed E-state index contributed by atoms with van der Waals surface area (Å²) >= 11 is 0. The smallest absolute Gasteiger partial charge is 0.311 e. The molecule has 0 radical (unpaired) electrons. The highest BCUT2D eigenvalue weighted by atomic mass is 32.2. The summed E-state index contributed by atoms with van der Waals surface area (Å²) in [7, 11) is -3.88. The van der Waals surface area contributed by atoms with Gasteiger partial charge in [-0.1, -0.05) is 80.2 Å². The molecule has 0 saturated carbocycles. The third-order valence-corrected chi connectivity index (χ3v) is 10.6. The molecule has 0 aromatic heterocycles. The van der Waals surface area contributed by atoms with Crippen LogP contribution >= 0.6 is 0 Å². The maximum atomic E-state index is 13.2. The van der Waals surface area contributed by atoms with Crippen molar-refractivity contribution in [3.8, 4) is 22.6 Å². The Kier molecular flexibility index (Phi) is 12.1. The van der Waals surface area contributed by atoms with Crippen LogP contribution < -0.4 is 19.5 Å². The lowest BCUT2D eigenvalue weighted by molar-refractivity contribution is -0.138. The largest absolute Gasteiger partial charge is 0.492 e. The number of anilines is 1. The lowest BCUT2D eigenvalue weighted by Gasteiger charge is -2.24. The third-order valence-electron chi connectivity index (χ3n) is 9.20. The zero-order valence-corrected chi connectivity index (χ0v) is 29.6. The van der Waals surface area contributed by atoms with Crippen molar-refractivity contribution in [1.82, 2.24) is 5.32 Å². The van der Waals surface area contributed by atoms with Gasteiger partial charge in [0.25, 0.3) is 10.0 Å². The van der Waals surface area contributed by atoms with Crippen LogP contribution in [-0.2, 0) is 27.8 Å². The van der Waals surface area contributed by atoms with Crippen LogP contribution in [0.25, 0.3) is 11.1 Å². The van der Waals surface area contributed by atoms with Crippen LogP contribution in [0.5, 0.6) is 11.5 Å². The Balaban J connectivity index is 0.00000523. The van der Waals surface area contributed by atoms with Gasteiger partial charge in [-0.25, -0.2) is 8.42 Å². The van der Waals surface area contributed by atoms with Crippen LogP contribution in [0.15, 0.2) is 114 Å². The number of nitrogens with one attached hydrogen (secondary N) is 2. The summed E-state index contributed by atoms with van der Waals surface area (Å²) in [5.74, 6) is -0.279. The zero-order chi connectivity index (χ0) is 36.1. The number of sulfonamides is 1. The number of benzene rings is 5. The van der Waals surface area contributed by atoms with Crippen LogP contribution in [0.2, 0.25) is 0 Å². The topological polar surface area (TPSA) is 134 Å². The maximum Gasteiger partial charge on any atom is 0.311 e. The fraction of sp³-hybridized carbons (Fsp3) is 0.262. The Bertz CT molecular complexity index is 2100. The molecule has 0 saturated heterocycles. The monoisotopic (exact) mass is 722 g/mol. The first kappa shape index (κ1) is 38.1. The van der Waals surface area contributed by atoms with E-state index in [-0.39, 0.29) is 24.6 Å². The number of carboxylic acid groups (broad SMARTS) is 1. The number of rotatable bonds is 12. The summed E-state index contributed by atoms with van der Waals surface area (Å²) < 4.78 is 40.9. The fourth-order valence-electron chi connectivity index (χ4n) is 6.52. The molecule has 4 bridgehead atoms. The summed E-state index contributed by atoms with van der Waals surface area (Å²) in [6.45, 7) is 6.87. The number of fused-ring (bicyclic) bond motifs is 4. The molecule has 10 heteroatoms. The summed E-state index contributed by atoms with van der Waals surface area (Å²) in [6.07, 6.45) is -0.600. The van der Waals surface area contributed by atoms with Gasteiger partial charge in [0, 0.05) is 24.2 Å². The van der Waals surface area contributed by atoms with Crippen LogP contribution in [-0.4, -0.2) is 43.8 Å². The number of aliphatic hydroxyl groups excluding tert-OH is 1. The minimum Gasteiger partial charge on any atom is -0.492 e. The first-order valence-electron chi connectivity index (χ1n) is 16.9. The van der Waals surface area contributed by atoms with Crippen molar-refractivity contribution in [3.63, 3.8) is 0 Å². The SMILES string of the molecule is C.Cc1cc(OCCN[C@@H](C)[C@H](O)c2ccc3cc2NS(=O)(=O)c2cccc(c2)CO3)cc(C)c1-c1ccc(C(Cc2ccccc2)C(=O)O)cc1. The number of hydrogen-bond donors (Lipinski definition) is 4. The first-order chi connectivity index (χ1) is 24.5. The van der Waals surface area contributed by atoms with Gasteiger partial charge in [-0.3, -0.25) is 9.52 Å². The molecule has 1 aliphatic rings. The van der Waals surface area contributed by atoms with Gasteiger partial charge in [0.05, 0.1) is 22.6 Å². The van der Waals surface area contributed by atoms with Crippen molar-refractivity contribution in [2.75, 3.05) is 17.9 Å². The Morgan fingerprint density at radius 1 is 0.923 bits per heavy atom.